The van der Waals surface area contributed by atoms with E-state index in [9.17, 15) is 0 Å². The van der Waals surface area contributed by atoms with Crippen molar-refractivity contribution in [3.05, 3.63) is 404 Å². The lowest BCUT2D eigenvalue weighted by molar-refractivity contribution is 0.0875. The number of anilines is 2. The SMILES string of the molecule is C=Cc1ccc(OC2C=CC(C3(c4cc(C)ccc4C)C4=C(C=CC(c5cccc(N(c6ccc(F)cc6)C6C=CC7=C(C6)OC6CC(N(C8=CCC(F)C=C8)C8=CC(C9C=CC%10=C(C9)C(C9=CC=C(OC%11C=CC(C=C)CC%11)CC9)(C9=C(C)C=CC(C)C9)c9ccccc9%10)=CCC8)C=CC76)c5)C4)c4ccccc43)CC2)cc1. The van der Waals surface area contributed by atoms with Gasteiger partial charge in [0.1, 0.15) is 41.8 Å². The standard InChI is InChI=1S/C106H102F2N2O3/c1-7-71-27-47-87(48-28-71)111-89-51-33-77(34-52-89)105(99-59-67(3)23-25-69(99)5)97-21-11-9-19-91(97)93-55-31-75(63-101(93)105)73-15-13-17-83(61-73)109(81-41-37-79(107)38-42-81)85-45-57-95-96-58-46-86(66-104(96)113-103(95)65-85)110(82-43-39-80(108)40-44-82)84-18-14-16-74(62-84)76-32-56-94-92-20-10-12-22-98(92)106(102(94)64-76,100-60-68(4)24-26-70(100)6)78-35-53-90(54-36-78)112-88-49-29-72(8-2)30-50-88/h7-13,15-17,19-29,31-33,35,37-39,41-49,51,53,55-59,61-62,68,72,75-77,80,85-86,88-89,96,104H,1-2,14,18,30,34,36,40,50,52,54,60,63-66H2,3-6H3. The molecule has 0 radical (unpaired) electrons. The smallest absolute Gasteiger partial charge is 0.123 e. The summed E-state index contributed by atoms with van der Waals surface area (Å²) in [6.07, 6.45) is 64.0. The summed E-state index contributed by atoms with van der Waals surface area (Å²) in [6, 6.07) is 49.8. The lowest BCUT2D eigenvalue weighted by atomic mass is 9.58. The maximum absolute atomic E-state index is 15.3. The number of rotatable bonds is 18. The number of benzene rings is 6. The van der Waals surface area contributed by atoms with Gasteiger partial charge in [0.2, 0.25) is 0 Å². The van der Waals surface area contributed by atoms with E-state index in [1.165, 1.54) is 100 Å². The number of hydrogen-bond acceptors (Lipinski definition) is 5. The quantitative estimate of drug-likeness (QED) is 0.0801. The van der Waals surface area contributed by atoms with E-state index in [0.717, 1.165) is 117 Å². The highest BCUT2D eigenvalue weighted by atomic mass is 19.1. The van der Waals surface area contributed by atoms with E-state index in [0.29, 0.717) is 24.7 Å². The summed E-state index contributed by atoms with van der Waals surface area (Å²) in [5.74, 6) is 4.03. The van der Waals surface area contributed by atoms with E-state index in [1.54, 1.807) is 18.2 Å². The fraction of sp³-hybridized carbons (Fsp3) is 0.302. The van der Waals surface area contributed by atoms with Gasteiger partial charge in [-0.3, -0.25) is 0 Å². The molecule has 1 aliphatic heterocycles. The molecule has 5 nitrogen and oxygen atoms in total. The molecule has 113 heavy (non-hydrogen) atoms. The summed E-state index contributed by atoms with van der Waals surface area (Å²) in [5, 5.41) is 0. The van der Waals surface area contributed by atoms with Gasteiger partial charge in [0.05, 0.1) is 23.3 Å². The van der Waals surface area contributed by atoms with Crippen molar-refractivity contribution in [3.8, 4) is 5.75 Å². The Morgan fingerprint density at radius 3 is 2.13 bits per heavy atom. The van der Waals surface area contributed by atoms with Gasteiger partial charge in [-0.2, -0.15) is 0 Å². The molecule has 6 aromatic rings. The lowest BCUT2D eigenvalue weighted by Crippen LogP contribution is -2.40. The Labute approximate surface area is 667 Å². The zero-order valence-corrected chi connectivity index (χ0v) is 65.7. The van der Waals surface area contributed by atoms with Crippen LogP contribution < -0.4 is 9.64 Å². The van der Waals surface area contributed by atoms with Crippen LogP contribution in [0.5, 0.6) is 5.75 Å². The van der Waals surface area contributed by atoms with Crippen molar-refractivity contribution in [2.75, 3.05) is 4.90 Å². The molecule has 14 atom stereocenters. The van der Waals surface area contributed by atoms with Crippen LogP contribution in [0.2, 0.25) is 0 Å². The molecule has 0 bridgehead atoms. The molecular formula is C106H102F2N2O3. The first-order valence-corrected chi connectivity index (χ1v) is 41.9. The molecule has 0 spiro atoms. The van der Waals surface area contributed by atoms with E-state index >= 15 is 8.78 Å². The largest absolute Gasteiger partial charge is 0.493 e. The molecule has 6 aromatic carbocycles. The Balaban J connectivity index is 0.591. The third kappa shape index (κ3) is 13.0. The van der Waals surface area contributed by atoms with E-state index in [4.69, 9.17) is 14.2 Å². The Hall–Kier alpha value is -10.8. The number of nitrogens with zero attached hydrogens (tertiary/aromatic N) is 2. The van der Waals surface area contributed by atoms with Crippen LogP contribution in [0.1, 0.15) is 160 Å². The molecular weight excluding hydrogens is 1390 g/mol. The van der Waals surface area contributed by atoms with Gasteiger partial charge in [-0.05, 0) is 266 Å². The Kier molecular flexibility index (Phi) is 19.2. The molecule has 0 saturated heterocycles. The van der Waals surface area contributed by atoms with E-state index in [-0.39, 0.29) is 65.3 Å². The van der Waals surface area contributed by atoms with Crippen LogP contribution in [0.15, 0.2) is 348 Å². The number of aryl methyl sites for hydroxylation is 2. The van der Waals surface area contributed by atoms with Gasteiger partial charge in [-0.1, -0.05) is 225 Å². The van der Waals surface area contributed by atoms with Gasteiger partial charge < -0.3 is 24.0 Å². The average molecular weight is 1490 g/mol. The average Bonchev–Trinajstić information content (AvgIpc) is 1.55. The minimum atomic E-state index is -1.02. The molecule has 0 amide bonds. The number of allylic oxidation sites excluding steroid dienone is 27. The van der Waals surface area contributed by atoms with Crippen molar-refractivity contribution < 1.29 is 23.0 Å². The van der Waals surface area contributed by atoms with Crippen molar-refractivity contribution in [2.24, 2.45) is 29.6 Å². The molecule has 0 aromatic heterocycles. The van der Waals surface area contributed by atoms with Gasteiger partial charge in [-0.25, -0.2) is 8.78 Å². The highest BCUT2D eigenvalue weighted by Gasteiger charge is 2.55. The molecule has 14 unspecified atom stereocenters. The molecule has 0 fully saturated rings. The normalized spacial score (nSPS) is 29.6. The maximum Gasteiger partial charge on any atom is 0.123 e. The highest BCUT2D eigenvalue weighted by Crippen LogP contribution is 2.64. The first kappa shape index (κ1) is 72.5. The predicted molar refractivity (Wildman–Crippen MR) is 459 cm³/mol. The molecule has 568 valence electrons. The second-order valence-electron chi connectivity index (χ2n) is 33.9. The summed E-state index contributed by atoms with van der Waals surface area (Å²) in [7, 11) is 0. The van der Waals surface area contributed by atoms with Gasteiger partial charge >= 0.3 is 0 Å². The third-order valence-electron chi connectivity index (χ3n) is 27.2. The molecule has 0 saturated carbocycles. The van der Waals surface area contributed by atoms with Crippen molar-refractivity contribution in [1.82, 2.24) is 4.90 Å². The van der Waals surface area contributed by atoms with Crippen molar-refractivity contribution >= 4 is 28.6 Å². The first-order valence-electron chi connectivity index (χ1n) is 41.9. The third-order valence-corrected chi connectivity index (χ3v) is 27.2. The molecule has 19 rings (SSSR count). The number of halogens is 2. The molecule has 1 heterocycles. The topological polar surface area (TPSA) is 34.2 Å². The Morgan fingerprint density at radius 2 is 1.36 bits per heavy atom. The van der Waals surface area contributed by atoms with E-state index in [2.05, 4.69) is 281 Å². The Bertz CT molecular complexity index is 5430. The van der Waals surface area contributed by atoms with Crippen molar-refractivity contribution in [1.29, 1.82) is 0 Å². The van der Waals surface area contributed by atoms with Crippen LogP contribution in [0.3, 0.4) is 0 Å². The van der Waals surface area contributed by atoms with Crippen LogP contribution in [-0.4, -0.2) is 41.5 Å². The monoisotopic (exact) mass is 1490 g/mol. The number of alkyl halides is 1. The van der Waals surface area contributed by atoms with Gasteiger partial charge in [0.15, 0.2) is 0 Å². The van der Waals surface area contributed by atoms with Crippen LogP contribution in [0.25, 0.3) is 17.2 Å². The summed E-state index contributed by atoms with van der Waals surface area (Å²) in [5.41, 5.74) is 27.9. The van der Waals surface area contributed by atoms with Crippen molar-refractivity contribution in [3.63, 3.8) is 0 Å². The maximum atomic E-state index is 15.3. The number of ether oxygens (including phenoxy) is 3. The lowest BCUT2D eigenvalue weighted by Gasteiger charge is -2.45. The first-order chi connectivity index (χ1) is 55.3. The molecule has 0 N–H and O–H groups in total. The minimum Gasteiger partial charge on any atom is -0.493 e. The van der Waals surface area contributed by atoms with E-state index < -0.39 is 11.6 Å². The van der Waals surface area contributed by atoms with Gasteiger partial charge in [-0.15, -0.1) is 6.58 Å². The zero-order chi connectivity index (χ0) is 76.6. The minimum absolute atomic E-state index is 0.0285. The number of hydrogen-bond donors (Lipinski definition) is 0. The second-order valence-corrected chi connectivity index (χ2v) is 33.9. The molecule has 13 aliphatic rings. The summed E-state index contributed by atoms with van der Waals surface area (Å²) in [6.45, 7) is 17.3. The van der Waals surface area contributed by atoms with Crippen LogP contribution >= 0.6 is 0 Å². The zero-order valence-electron chi connectivity index (χ0n) is 65.7. The van der Waals surface area contributed by atoms with Crippen molar-refractivity contribution in [2.45, 2.75) is 171 Å². The van der Waals surface area contributed by atoms with Crippen LogP contribution in [0.4, 0.5) is 20.2 Å². The summed E-state index contributed by atoms with van der Waals surface area (Å²) < 4.78 is 51.3. The summed E-state index contributed by atoms with van der Waals surface area (Å²) >= 11 is 0. The predicted octanol–water partition coefficient (Wildman–Crippen LogP) is 25.8. The summed E-state index contributed by atoms with van der Waals surface area (Å²) in [4.78, 5) is 4.94. The number of fused-ring (bicyclic) bond motifs is 6. The Morgan fingerprint density at radius 1 is 0.584 bits per heavy atom. The molecule has 12 aliphatic carbocycles. The van der Waals surface area contributed by atoms with Crippen LogP contribution in [-0.2, 0) is 20.3 Å². The van der Waals surface area contributed by atoms with Gasteiger partial charge in [0, 0.05) is 77.2 Å². The van der Waals surface area contributed by atoms with Crippen LogP contribution in [0, 0.1) is 49.3 Å². The second kappa shape index (κ2) is 30.0. The fourth-order valence-electron chi connectivity index (χ4n) is 21.8. The van der Waals surface area contributed by atoms with E-state index in [1.807, 2.05) is 30.4 Å². The highest BCUT2D eigenvalue weighted by molar-refractivity contribution is 5.92. The molecule has 7 heteroatoms. The van der Waals surface area contributed by atoms with Gasteiger partial charge in [0.25, 0.3) is 0 Å². The fourth-order valence-corrected chi connectivity index (χ4v) is 21.8.